The number of primary amides is 1. The lowest BCUT2D eigenvalue weighted by atomic mass is 10.0. The lowest BCUT2D eigenvalue weighted by Gasteiger charge is -2.13. The number of aliphatic hydroxyl groups is 1. The van der Waals surface area contributed by atoms with Crippen LogP contribution in [0.2, 0.25) is 0 Å². The van der Waals surface area contributed by atoms with Crippen molar-refractivity contribution in [1.82, 2.24) is 19.7 Å². The maximum absolute atomic E-state index is 12.1. The quantitative estimate of drug-likeness (QED) is 0.605. The van der Waals surface area contributed by atoms with Gasteiger partial charge in [-0.15, -0.1) is 0 Å². The van der Waals surface area contributed by atoms with Crippen molar-refractivity contribution in [1.29, 1.82) is 0 Å². The maximum Gasteiger partial charge on any atom is 0.269 e. The summed E-state index contributed by atoms with van der Waals surface area (Å²) >= 11 is 0. The second kappa shape index (κ2) is 7.74. The van der Waals surface area contributed by atoms with Crippen molar-refractivity contribution < 1.29 is 19.4 Å². The van der Waals surface area contributed by atoms with Crippen LogP contribution in [-0.4, -0.2) is 62.4 Å². The van der Waals surface area contributed by atoms with Crippen LogP contribution in [0.5, 0.6) is 5.88 Å². The third kappa shape index (κ3) is 3.69. The highest BCUT2D eigenvalue weighted by molar-refractivity contribution is 6.04. The Morgan fingerprint density at radius 3 is 2.87 bits per heavy atom. The van der Waals surface area contributed by atoms with E-state index >= 15 is 0 Å². The molecule has 2 aromatic heterocycles. The molecule has 3 aromatic rings. The summed E-state index contributed by atoms with van der Waals surface area (Å²) in [6.07, 6.45) is 1.76. The Kier molecular flexibility index (Phi) is 5.09. The van der Waals surface area contributed by atoms with Gasteiger partial charge in [-0.2, -0.15) is 5.10 Å². The summed E-state index contributed by atoms with van der Waals surface area (Å²) in [6, 6.07) is 8.77. The average Bonchev–Trinajstić information content (AvgIpc) is 3.26. The Balaban J connectivity index is 1.78. The minimum absolute atomic E-state index is 0.0935. The molecule has 0 saturated carbocycles. The van der Waals surface area contributed by atoms with Crippen molar-refractivity contribution >= 4 is 22.7 Å². The Hall–Kier alpha value is -3.90. The number of hydrogen-bond donors (Lipinski definition) is 2. The molecule has 0 aliphatic carbocycles. The van der Waals surface area contributed by atoms with Gasteiger partial charge in [-0.1, -0.05) is 17.9 Å². The first kappa shape index (κ1) is 20.4. The molecule has 9 nitrogen and oxygen atoms in total. The molecule has 9 heteroatoms. The first-order valence-electron chi connectivity index (χ1n) is 9.75. The molecule has 1 atom stereocenters. The predicted octanol–water partition coefficient (Wildman–Crippen LogP) is 0.863. The van der Waals surface area contributed by atoms with Crippen LogP contribution in [0.25, 0.3) is 16.6 Å². The first-order chi connectivity index (χ1) is 14.8. The molecular formula is C22H21N5O4. The van der Waals surface area contributed by atoms with Gasteiger partial charge in [-0.05, 0) is 25.1 Å². The lowest BCUT2D eigenvalue weighted by molar-refractivity contribution is -0.137. The molecule has 31 heavy (non-hydrogen) atoms. The third-order valence-electron chi connectivity index (χ3n) is 5.08. The highest BCUT2D eigenvalue weighted by atomic mass is 16.5. The van der Waals surface area contributed by atoms with E-state index in [-0.39, 0.29) is 12.1 Å². The van der Waals surface area contributed by atoms with E-state index in [2.05, 4.69) is 21.9 Å². The van der Waals surface area contributed by atoms with E-state index < -0.39 is 17.4 Å². The number of aromatic nitrogens is 3. The molecule has 1 unspecified atom stereocenters. The molecule has 1 aliphatic heterocycles. The van der Waals surface area contributed by atoms with Crippen LogP contribution < -0.4 is 10.5 Å². The molecule has 2 amide bonds. The Bertz CT molecular complexity index is 1260. The Morgan fingerprint density at radius 2 is 2.19 bits per heavy atom. The van der Waals surface area contributed by atoms with Gasteiger partial charge in [0, 0.05) is 37.8 Å². The van der Waals surface area contributed by atoms with Gasteiger partial charge in [0.15, 0.2) is 5.69 Å². The number of ether oxygens (including phenoxy) is 1. The smallest absolute Gasteiger partial charge is 0.269 e. The van der Waals surface area contributed by atoms with Gasteiger partial charge in [0.1, 0.15) is 0 Å². The number of nitrogens with zero attached hydrogens (tertiary/aromatic N) is 4. The molecular weight excluding hydrogens is 398 g/mol. The Morgan fingerprint density at radius 1 is 1.39 bits per heavy atom. The minimum atomic E-state index is -1.68. The zero-order valence-corrected chi connectivity index (χ0v) is 17.1. The van der Waals surface area contributed by atoms with Crippen LogP contribution in [0, 0.1) is 11.8 Å². The number of likely N-dealkylation sites (tertiary alicyclic amines) is 1. The van der Waals surface area contributed by atoms with Crippen molar-refractivity contribution in [2.75, 3.05) is 20.2 Å². The largest absolute Gasteiger partial charge is 0.478 e. The summed E-state index contributed by atoms with van der Waals surface area (Å²) in [6.45, 7) is 2.74. The summed E-state index contributed by atoms with van der Waals surface area (Å²) in [5.74, 6) is 4.90. The normalized spacial score (nSPS) is 18.2. The summed E-state index contributed by atoms with van der Waals surface area (Å²) in [7, 11) is 1.63. The molecule has 0 radical (unpaired) electrons. The van der Waals surface area contributed by atoms with Crippen LogP contribution in [0.3, 0.4) is 0 Å². The third-order valence-corrected chi connectivity index (χ3v) is 5.08. The van der Waals surface area contributed by atoms with Crippen molar-refractivity contribution in [2.45, 2.75) is 18.9 Å². The summed E-state index contributed by atoms with van der Waals surface area (Å²) in [5.41, 5.74) is 5.71. The van der Waals surface area contributed by atoms with E-state index in [1.165, 1.54) is 11.1 Å². The maximum atomic E-state index is 12.1. The topological polar surface area (TPSA) is 124 Å². The molecule has 1 aliphatic rings. The van der Waals surface area contributed by atoms with Gasteiger partial charge in [-0.25, -0.2) is 9.67 Å². The van der Waals surface area contributed by atoms with E-state index in [1.807, 2.05) is 6.92 Å². The van der Waals surface area contributed by atoms with E-state index in [1.54, 1.807) is 42.1 Å². The second-order valence-corrected chi connectivity index (χ2v) is 7.23. The summed E-state index contributed by atoms with van der Waals surface area (Å²) < 4.78 is 7.03. The van der Waals surface area contributed by atoms with E-state index in [4.69, 9.17) is 10.5 Å². The molecule has 3 heterocycles. The van der Waals surface area contributed by atoms with Crippen molar-refractivity contribution in [2.24, 2.45) is 5.73 Å². The highest BCUT2D eigenvalue weighted by Gasteiger charge is 2.42. The molecule has 1 saturated heterocycles. The molecule has 3 N–H and O–H groups in total. The number of nitrogens with two attached hydrogens (primary N) is 1. The number of fused-ring (bicyclic) bond motifs is 1. The fourth-order valence-electron chi connectivity index (χ4n) is 3.46. The number of benzene rings is 1. The minimum Gasteiger partial charge on any atom is -0.478 e. The number of hydrogen-bond acceptors (Lipinski definition) is 6. The first-order valence-corrected chi connectivity index (χ1v) is 9.75. The summed E-state index contributed by atoms with van der Waals surface area (Å²) in [4.78, 5) is 29.7. The zero-order chi connectivity index (χ0) is 22.2. The second-order valence-electron chi connectivity index (χ2n) is 7.23. The number of carbonyl (C=O) groups excluding carboxylic acids is 2. The predicted molar refractivity (Wildman–Crippen MR) is 113 cm³/mol. The molecule has 0 spiro atoms. The standard InChI is InChI=1S/C22H21N5O4/c1-3-31-18-12-17-16(13-24-18)19(20(23)28)25-27(17)15-6-4-5-14(11-15)7-8-22(30)9-10-26(2)21(22)29/h4-6,11-13,30H,3,9-10H2,1-2H3,(H2,23,28). The Labute approximate surface area is 178 Å². The van der Waals surface area contributed by atoms with Crippen LogP contribution in [-0.2, 0) is 4.79 Å². The van der Waals surface area contributed by atoms with Crippen LogP contribution >= 0.6 is 0 Å². The SMILES string of the molecule is CCOc1cc2c(cn1)c(C(N)=O)nn2-c1cccc(C#CC2(O)CCN(C)C2=O)c1. The number of carbonyl (C=O) groups is 2. The van der Waals surface area contributed by atoms with Crippen molar-refractivity contribution in [3.63, 3.8) is 0 Å². The van der Waals surface area contributed by atoms with E-state index in [0.29, 0.717) is 41.2 Å². The van der Waals surface area contributed by atoms with Crippen LogP contribution in [0.1, 0.15) is 29.4 Å². The van der Waals surface area contributed by atoms with Gasteiger partial charge in [0.05, 0.1) is 23.2 Å². The molecule has 158 valence electrons. The number of likely N-dealkylation sites (N-methyl/N-ethyl adjacent to an activating group) is 1. The van der Waals surface area contributed by atoms with E-state index in [9.17, 15) is 14.7 Å². The number of rotatable bonds is 4. The van der Waals surface area contributed by atoms with E-state index in [0.717, 1.165) is 0 Å². The molecule has 0 bridgehead atoms. The van der Waals surface area contributed by atoms with Gasteiger partial charge in [-0.3, -0.25) is 9.59 Å². The van der Waals surface area contributed by atoms with Gasteiger partial charge in [0.25, 0.3) is 11.8 Å². The van der Waals surface area contributed by atoms with Gasteiger partial charge >= 0.3 is 0 Å². The number of amides is 2. The zero-order valence-electron chi connectivity index (χ0n) is 17.1. The molecule has 1 aromatic carbocycles. The monoisotopic (exact) mass is 419 g/mol. The molecule has 1 fully saturated rings. The fraction of sp³-hybridized carbons (Fsp3) is 0.273. The highest BCUT2D eigenvalue weighted by Crippen LogP contribution is 2.25. The van der Waals surface area contributed by atoms with Crippen LogP contribution in [0.4, 0.5) is 0 Å². The van der Waals surface area contributed by atoms with Crippen LogP contribution in [0.15, 0.2) is 36.5 Å². The van der Waals surface area contributed by atoms with Gasteiger partial charge < -0.3 is 20.5 Å². The van der Waals surface area contributed by atoms with Gasteiger partial charge in [0.2, 0.25) is 11.5 Å². The lowest BCUT2D eigenvalue weighted by Crippen LogP contribution is -2.37. The average molecular weight is 419 g/mol. The summed E-state index contributed by atoms with van der Waals surface area (Å²) in [5, 5.41) is 15.4. The van der Waals surface area contributed by atoms with Crippen molar-refractivity contribution in [3.05, 3.63) is 47.8 Å². The molecule has 4 rings (SSSR count). The van der Waals surface area contributed by atoms with Crippen molar-refractivity contribution in [3.8, 4) is 23.4 Å². The number of pyridine rings is 1. The fourth-order valence-corrected chi connectivity index (χ4v) is 3.46.